The van der Waals surface area contributed by atoms with Crippen molar-refractivity contribution in [1.82, 2.24) is 0 Å². The van der Waals surface area contributed by atoms with E-state index >= 15 is 0 Å². The standard InChI is InChI=1S/C10H14O3/c11-5-1-2-8-3-4-10(13)9(6-8)7-12/h3-4,6,11-13H,1-2,5,7H2. The molecule has 0 saturated carbocycles. The second-order valence-corrected chi connectivity index (χ2v) is 2.95. The number of rotatable bonds is 4. The Morgan fingerprint density at radius 2 is 1.92 bits per heavy atom. The first-order valence-corrected chi connectivity index (χ1v) is 4.30. The van der Waals surface area contributed by atoms with Crippen LogP contribution in [-0.4, -0.2) is 21.9 Å². The Balaban J connectivity index is 2.74. The van der Waals surface area contributed by atoms with Crippen LogP contribution in [0.5, 0.6) is 5.75 Å². The number of phenols is 1. The average Bonchev–Trinajstić information content (AvgIpc) is 2.16. The molecule has 1 rings (SSSR count). The van der Waals surface area contributed by atoms with Crippen LogP contribution >= 0.6 is 0 Å². The van der Waals surface area contributed by atoms with E-state index < -0.39 is 0 Å². The molecule has 3 heteroatoms. The highest BCUT2D eigenvalue weighted by molar-refractivity contribution is 5.35. The molecule has 1 aromatic carbocycles. The molecule has 0 bridgehead atoms. The topological polar surface area (TPSA) is 60.7 Å². The molecule has 0 aliphatic carbocycles. The smallest absolute Gasteiger partial charge is 0.121 e. The van der Waals surface area contributed by atoms with Gasteiger partial charge in [0, 0.05) is 12.2 Å². The molecule has 0 amide bonds. The average molecular weight is 182 g/mol. The quantitative estimate of drug-likeness (QED) is 0.645. The minimum absolute atomic E-state index is 0.121. The largest absolute Gasteiger partial charge is 0.508 e. The van der Waals surface area contributed by atoms with Gasteiger partial charge in [-0.15, -0.1) is 0 Å². The molecular weight excluding hydrogens is 168 g/mol. The van der Waals surface area contributed by atoms with E-state index in [4.69, 9.17) is 10.2 Å². The predicted octanol–water partition coefficient (Wildman–Crippen LogP) is 0.809. The van der Waals surface area contributed by atoms with Crippen LogP contribution in [0.15, 0.2) is 18.2 Å². The number of aryl methyl sites for hydroxylation is 1. The SMILES string of the molecule is OCCCc1ccc(O)c(CO)c1. The number of hydrogen-bond acceptors (Lipinski definition) is 3. The Morgan fingerprint density at radius 1 is 1.15 bits per heavy atom. The Bertz CT molecular complexity index is 271. The van der Waals surface area contributed by atoms with E-state index in [1.54, 1.807) is 18.2 Å². The van der Waals surface area contributed by atoms with Gasteiger partial charge in [0.25, 0.3) is 0 Å². The fraction of sp³-hybridized carbons (Fsp3) is 0.400. The molecule has 0 fully saturated rings. The van der Waals surface area contributed by atoms with Crippen molar-refractivity contribution in [2.45, 2.75) is 19.4 Å². The summed E-state index contributed by atoms with van der Waals surface area (Å²) in [6, 6.07) is 5.12. The highest BCUT2D eigenvalue weighted by Crippen LogP contribution is 2.18. The molecule has 13 heavy (non-hydrogen) atoms. The molecule has 0 saturated heterocycles. The summed E-state index contributed by atoms with van der Waals surface area (Å²) in [5, 5.41) is 26.7. The van der Waals surface area contributed by atoms with Crippen molar-refractivity contribution < 1.29 is 15.3 Å². The Kier molecular flexibility index (Phi) is 3.73. The van der Waals surface area contributed by atoms with Gasteiger partial charge < -0.3 is 15.3 Å². The van der Waals surface area contributed by atoms with E-state index in [9.17, 15) is 5.11 Å². The molecule has 72 valence electrons. The van der Waals surface area contributed by atoms with Crippen molar-refractivity contribution in [2.75, 3.05) is 6.61 Å². The number of hydrogen-bond donors (Lipinski definition) is 3. The number of aliphatic hydroxyl groups excluding tert-OH is 2. The minimum Gasteiger partial charge on any atom is -0.508 e. The summed E-state index contributed by atoms with van der Waals surface area (Å²) in [4.78, 5) is 0. The van der Waals surface area contributed by atoms with E-state index in [0.717, 1.165) is 12.0 Å². The lowest BCUT2D eigenvalue weighted by molar-refractivity contribution is 0.275. The first kappa shape index (κ1) is 10.0. The lowest BCUT2D eigenvalue weighted by Gasteiger charge is -2.04. The van der Waals surface area contributed by atoms with Gasteiger partial charge in [-0.2, -0.15) is 0 Å². The van der Waals surface area contributed by atoms with E-state index in [2.05, 4.69) is 0 Å². The van der Waals surface area contributed by atoms with E-state index in [-0.39, 0.29) is 19.0 Å². The van der Waals surface area contributed by atoms with Crippen LogP contribution in [0.2, 0.25) is 0 Å². The maximum Gasteiger partial charge on any atom is 0.121 e. The van der Waals surface area contributed by atoms with Gasteiger partial charge in [-0.1, -0.05) is 6.07 Å². The van der Waals surface area contributed by atoms with Gasteiger partial charge >= 0.3 is 0 Å². The highest BCUT2D eigenvalue weighted by atomic mass is 16.3. The first-order valence-electron chi connectivity index (χ1n) is 4.30. The van der Waals surface area contributed by atoms with Crippen LogP contribution in [0.3, 0.4) is 0 Å². The number of aliphatic hydroxyl groups is 2. The summed E-state index contributed by atoms with van der Waals surface area (Å²) < 4.78 is 0. The maximum atomic E-state index is 9.25. The van der Waals surface area contributed by atoms with Crippen molar-refractivity contribution in [1.29, 1.82) is 0 Å². The fourth-order valence-corrected chi connectivity index (χ4v) is 1.20. The summed E-state index contributed by atoms with van der Waals surface area (Å²) in [6.45, 7) is 0.00807. The molecular formula is C10H14O3. The summed E-state index contributed by atoms with van der Waals surface area (Å²) in [5.74, 6) is 0.121. The van der Waals surface area contributed by atoms with Crippen molar-refractivity contribution in [2.24, 2.45) is 0 Å². The molecule has 3 N–H and O–H groups in total. The summed E-state index contributed by atoms with van der Waals surface area (Å²) in [7, 11) is 0. The Morgan fingerprint density at radius 3 is 2.54 bits per heavy atom. The van der Waals surface area contributed by atoms with Crippen molar-refractivity contribution in [3.05, 3.63) is 29.3 Å². The van der Waals surface area contributed by atoms with Crippen LogP contribution in [0.1, 0.15) is 17.5 Å². The minimum atomic E-state index is -0.154. The van der Waals surface area contributed by atoms with Crippen molar-refractivity contribution in [3.8, 4) is 5.75 Å². The van der Waals surface area contributed by atoms with Gasteiger partial charge in [0.15, 0.2) is 0 Å². The predicted molar refractivity (Wildman–Crippen MR) is 49.4 cm³/mol. The van der Waals surface area contributed by atoms with Crippen LogP contribution in [0, 0.1) is 0 Å². The lowest BCUT2D eigenvalue weighted by atomic mass is 10.1. The Hall–Kier alpha value is -1.06. The zero-order valence-corrected chi connectivity index (χ0v) is 7.40. The maximum absolute atomic E-state index is 9.25. The molecule has 0 aliphatic heterocycles. The second kappa shape index (κ2) is 4.84. The molecule has 0 aromatic heterocycles. The van der Waals surface area contributed by atoms with Gasteiger partial charge in [0.05, 0.1) is 6.61 Å². The van der Waals surface area contributed by atoms with E-state index in [0.29, 0.717) is 12.0 Å². The van der Waals surface area contributed by atoms with Gasteiger partial charge in [0.2, 0.25) is 0 Å². The number of aromatic hydroxyl groups is 1. The summed E-state index contributed by atoms with van der Waals surface area (Å²) in [5.41, 5.74) is 1.56. The second-order valence-electron chi connectivity index (χ2n) is 2.95. The van der Waals surface area contributed by atoms with Crippen LogP contribution in [-0.2, 0) is 13.0 Å². The monoisotopic (exact) mass is 182 g/mol. The van der Waals surface area contributed by atoms with Crippen molar-refractivity contribution >= 4 is 0 Å². The third kappa shape index (κ3) is 2.72. The van der Waals surface area contributed by atoms with Crippen LogP contribution in [0.25, 0.3) is 0 Å². The van der Waals surface area contributed by atoms with Gasteiger partial charge in [-0.3, -0.25) is 0 Å². The molecule has 1 aromatic rings. The summed E-state index contributed by atoms with van der Waals surface area (Å²) >= 11 is 0. The molecule has 3 nitrogen and oxygen atoms in total. The lowest BCUT2D eigenvalue weighted by Crippen LogP contribution is -1.92. The molecule has 0 spiro atoms. The van der Waals surface area contributed by atoms with Crippen LogP contribution in [0.4, 0.5) is 0 Å². The van der Waals surface area contributed by atoms with Crippen molar-refractivity contribution in [3.63, 3.8) is 0 Å². The van der Waals surface area contributed by atoms with Gasteiger partial charge in [0.1, 0.15) is 5.75 Å². The van der Waals surface area contributed by atoms with E-state index in [1.807, 2.05) is 0 Å². The van der Waals surface area contributed by atoms with Gasteiger partial charge in [-0.25, -0.2) is 0 Å². The van der Waals surface area contributed by atoms with Gasteiger partial charge in [-0.05, 0) is 30.5 Å². The third-order valence-electron chi connectivity index (χ3n) is 1.94. The number of benzene rings is 1. The third-order valence-corrected chi connectivity index (χ3v) is 1.94. The Labute approximate surface area is 77.3 Å². The molecule has 0 unspecified atom stereocenters. The van der Waals surface area contributed by atoms with Crippen LogP contribution < -0.4 is 0 Å². The van der Waals surface area contributed by atoms with E-state index in [1.165, 1.54) is 0 Å². The molecule has 0 radical (unpaired) electrons. The zero-order valence-electron chi connectivity index (χ0n) is 7.40. The first-order chi connectivity index (χ1) is 6.27. The normalized spacial score (nSPS) is 10.3. The fourth-order valence-electron chi connectivity index (χ4n) is 1.20. The molecule has 0 aliphatic rings. The highest BCUT2D eigenvalue weighted by Gasteiger charge is 2.00. The zero-order chi connectivity index (χ0) is 9.68. The molecule has 0 atom stereocenters. The molecule has 0 heterocycles. The summed E-state index contributed by atoms with van der Waals surface area (Å²) in [6.07, 6.45) is 1.47.